The van der Waals surface area contributed by atoms with Crippen molar-refractivity contribution in [1.29, 1.82) is 0 Å². The van der Waals surface area contributed by atoms with E-state index in [1.54, 1.807) is 0 Å². The molecule has 0 aliphatic rings. The van der Waals surface area contributed by atoms with Crippen molar-refractivity contribution >= 4 is 35.3 Å². The van der Waals surface area contributed by atoms with Crippen LogP contribution in [0.25, 0.3) is 0 Å². The normalized spacial score (nSPS) is 12.9. The Bertz CT molecular complexity index is 1050. The predicted molar refractivity (Wildman–Crippen MR) is 150 cm³/mol. The summed E-state index contributed by atoms with van der Waals surface area (Å²) in [7, 11) is -3.77. The van der Waals surface area contributed by atoms with Crippen LogP contribution in [0.3, 0.4) is 0 Å². The van der Waals surface area contributed by atoms with Crippen LogP contribution in [0.2, 0.25) is 5.04 Å². The van der Waals surface area contributed by atoms with Crippen molar-refractivity contribution in [2.45, 2.75) is 63.3 Å². The lowest BCUT2D eigenvalue weighted by Crippen LogP contribution is -2.66. The SMILES string of the molecule is Cc1ccc([S@](=O)CC(=O)CCCCCO[Si](c2ccccc2)(c2ccccc2)C(C)(C)C)cc1. The fourth-order valence-corrected chi connectivity index (χ4v) is 10.2. The third-order valence-electron chi connectivity index (χ3n) is 6.41. The lowest BCUT2D eigenvalue weighted by Gasteiger charge is -2.43. The van der Waals surface area contributed by atoms with E-state index in [4.69, 9.17) is 4.43 Å². The first-order valence-corrected chi connectivity index (χ1v) is 15.7. The van der Waals surface area contributed by atoms with E-state index in [9.17, 15) is 9.00 Å². The van der Waals surface area contributed by atoms with Gasteiger partial charge in [0.15, 0.2) is 0 Å². The maximum absolute atomic E-state index is 12.5. The summed E-state index contributed by atoms with van der Waals surface area (Å²) < 4.78 is 19.4. The van der Waals surface area contributed by atoms with Gasteiger partial charge in [-0.25, -0.2) is 0 Å². The van der Waals surface area contributed by atoms with Crippen LogP contribution in [0.1, 0.15) is 52.0 Å². The molecule has 1 atom stereocenters. The van der Waals surface area contributed by atoms with Gasteiger partial charge in [-0.1, -0.05) is 106 Å². The summed E-state index contributed by atoms with van der Waals surface area (Å²) in [5.41, 5.74) is 1.12. The molecule has 0 aliphatic carbocycles. The topological polar surface area (TPSA) is 43.4 Å². The molecule has 0 bridgehead atoms. The van der Waals surface area contributed by atoms with Gasteiger partial charge in [0.05, 0.1) is 16.6 Å². The highest BCUT2D eigenvalue weighted by Crippen LogP contribution is 2.36. The molecule has 0 radical (unpaired) electrons. The molecule has 0 amide bonds. The Labute approximate surface area is 214 Å². The van der Waals surface area contributed by atoms with Crippen LogP contribution >= 0.6 is 0 Å². The molecule has 0 spiro atoms. The summed E-state index contributed by atoms with van der Waals surface area (Å²) in [4.78, 5) is 13.1. The maximum Gasteiger partial charge on any atom is 0.261 e. The molecule has 186 valence electrons. The van der Waals surface area contributed by atoms with E-state index < -0.39 is 19.1 Å². The number of hydrogen-bond donors (Lipinski definition) is 0. The van der Waals surface area contributed by atoms with Gasteiger partial charge in [0, 0.05) is 17.9 Å². The fraction of sp³-hybridized carbons (Fsp3) is 0.367. The lowest BCUT2D eigenvalue weighted by atomic mass is 10.1. The van der Waals surface area contributed by atoms with Gasteiger partial charge in [-0.15, -0.1) is 0 Å². The first-order valence-electron chi connectivity index (χ1n) is 12.5. The molecule has 0 saturated heterocycles. The van der Waals surface area contributed by atoms with Crippen LogP contribution in [-0.2, 0) is 20.0 Å². The molecule has 35 heavy (non-hydrogen) atoms. The minimum absolute atomic E-state index is 0.0360. The first-order chi connectivity index (χ1) is 16.7. The van der Waals surface area contributed by atoms with E-state index >= 15 is 0 Å². The van der Waals surface area contributed by atoms with Gasteiger partial charge < -0.3 is 4.43 Å². The van der Waals surface area contributed by atoms with Gasteiger partial charge in [-0.3, -0.25) is 9.00 Å². The van der Waals surface area contributed by atoms with E-state index in [0.29, 0.717) is 13.0 Å². The van der Waals surface area contributed by atoms with Crippen LogP contribution in [-0.4, -0.2) is 30.7 Å². The average Bonchev–Trinajstić information content (AvgIpc) is 2.84. The number of carbonyl (C=O) groups excluding carboxylic acids is 1. The zero-order valence-corrected chi connectivity index (χ0v) is 23.3. The number of benzene rings is 3. The van der Waals surface area contributed by atoms with E-state index in [0.717, 1.165) is 29.7 Å². The average molecular weight is 507 g/mol. The Morgan fingerprint density at radius 3 is 1.86 bits per heavy atom. The molecule has 0 unspecified atom stereocenters. The van der Waals surface area contributed by atoms with Crippen LogP contribution in [0.15, 0.2) is 89.8 Å². The zero-order valence-electron chi connectivity index (χ0n) is 21.5. The Morgan fingerprint density at radius 1 is 0.800 bits per heavy atom. The fourth-order valence-electron chi connectivity index (χ4n) is 4.58. The van der Waals surface area contributed by atoms with Gasteiger partial charge in [-0.2, -0.15) is 0 Å². The molecule has 0 saturated carbocycles. The second kappa shape index (κ2) is 12.6. The molecule has 0 fully saturated rings. The molecule has 0 heterocycles. The molecule has 0 aliphatic heterocycles. The van der Waals surface area contributed by atoms with Crippen molar-refractivity contribution in [3.63, 3.8) is 0 Å². The summed E-state index contributed by atoms with van der Waals surface area (Å²) in [5, 5.41) is 2.53. The Kier molecular flexibility index (Phi) is 9.78. The number of rotatable bonds is 12. The Balaban J connectivity index is 1.56. The minimum Gasteiger partial charge on any atom is -0.407 e. The van der Waals surface area contributed by atoms with Crippen molar-refractivity contribution in [3.05, 3.63) is 90.5 Å². The lowest BCUT2D eigenvalue weighted by molar-refractivity contribution is -0.116. The Morgan fingerprint density at radius 2 is 1.34 bits per heavy atom. The van der Waals surface area contributed by atoms with Crippen molar-refractivity contribution in [3.8, 4) is 0 Å². The summed E-state index contributed by atoms with van der Waals surface area (Å²) >= 11 is 0. The van der Waals surface area contributed by atoms with E-state index in [1.807, 2.05) is 31.2 Å². The van der Waals surface area contributed by atoms with Crippen LogP contribution in [0, 0.1) is 6.92 Å². The van der Waals surface area contributed by atoms with Gasteiger partial charge in [0.25, 0.3) is 8.32 Å². The molecule has 3 aromatic rings. The monoisotopic (exact) mass is 506 g/mol. The predicted octanol–water partition coefficient (Wildman–Crippen LogP) is 5.81. The molecule has 5 heteroatoms. The molecule has 0 N–H and O–H groups in total. The van der Waals surface area contributed by atoms with Gasteiger partial charge in [0.2, 0.25) is 0 Å². The number of hydrogen-bond acceptors (Lipinski definition) is 3. The summed E-state index contributed by atoms with van der Waals surface area (Å²) in [6.45, 7) is 9.51. The number of ketones is 1. The third kappa shape index (κ3) is 7.09. The minimum atomic E-state index is -2.50. The number of carbonyl (C=O) groups is 1. The standard InChI is InChI=1S/C30H38O3SSi/c1-25-19-21-27(22-20-25)34(32)24-26(31)14-8-7-13-23-33-35(30(2,3)4,28-15-9-5-10-16-28)29-17-11-6-12-18-29/h5-6,9-12,15-22H,7-8,13-14,23-24H2,1-4H3/t34-/m1/s1. The van der Waals surface area contributed by atoms with Crippen molar-refractivity contribution < 1.29 is 13.4 Å². The van der Waals surface area contributed by atoms with Crippen molar-refractivity contribution in [1.82, 2.24) is 0 Å². The molecule has 3 aromatic carbocycles. The molecular weight excluding hydrogens is 468 g/mol. The number of Topliss-reactive ketones (excluding diaryl/α,β-unsaturated/α-hetero) is 1. The van der Waals surface area contributed by atoms with Crippen LogP contribution in [0.5, 0.6) is 0 Å². The molecule has 0 aromatic heterocycles. The molecule has 3 nitrogen and oxygen atoms in total. The van der Waals surface area contributed by atoms with Crippen molar-refractivity contribution in [2.24, 2.45) is 0 Å². The van der Waals surface area contributed by atoms with Crippen molar-refractivity contribution in [2.75, 3.05) is 12.4 Å². The van der Waals surface area contributed by atoms with Gasteiger partial charge >= 0.3 is 0 Å². The second-order valence-electron chi connectivity index (χ2n) is 10.2. The van der Waals surface area contributed by atoms with Gasteiger partial charge in [-0.05, 0) is 47.3 Å². The summed E-state index contributed by atoms with van der Waals surface area (Å²) in [5.74, 6) is 0.165. The highest BCUT2D eigenvalue weighted by Gasteiger charge is 2.49. The Hall–Kier alpha value is -2.34. The molecule has 3 rings (SSSR count). The first kappa shape index (κ1) is 27.2. The van der Waals surface area contributed by atoms with E-state index in [1.165, 1.54) is 10.4 Å². The van der Waals surface area contributed by atoms with Crippen LogP contribution in [0.4, 0.5) is 0 Å². The summed E-state index contributed by atoms with van der Waals surface area (Å²) in [6, 6.07) is 28.9. The highest BCUT2D eigenvalue weighted by molar-refractivity contribution is 7.85. The second-order valence-corrected chi connectivity index (χ2v) is 15.9. The third-order valence-corrected chi connectivity index (χ3v) is 12.8. The number of unbranched alkanes of at least 4 members (excludes halogenated alkanes) is 2. The largest absolute Gasteiger partial charge is 0.407 e. The molecular formula is C30H38O3SSi. The zero-order chi connectivity index (χ0) is 25.3. The van der Waals surface area contributed by atoms with Crippen LogP contribution < -0.4 is 10.4 Å². The quantitative estimate of drug-likeness (QED) is 0.230. The smallest absolute Gasteiger partial charge is 0.261 e. The van der Waals surface area contributed by atoms with Gasteiger partial charge in [0.1, 0.15) is 5.78 Å². The van der Waals surface area contributed by atoms with E-state index in [-0.39, 0.29) is 16.6 Å². The maximum atomic E-state index is 12.5. The summed E-state index contributed by atoms with van der Waals surface area (Å²) in [6.07, 6.45) is 3.09. The highest BCUT2D eigenvalue weighted by atomic mass is 32.2. The van der Waals surface area contributed by atoms with E-state index in [2.05, 4.69) is 81.4 Å². The number of aryl methyl sites for hydroxylation is 1.